The maximum Gasteiger partial charge on any atom is 0.374 e. The van der Waals surface area contributed by atoms with Crippen LogP contribution in [0.1, 0.15) is 49.4 Å². The van der Waals surface area contributed by atoms with E-state index in [1.165, 1.54) is 10.6 Å². The second-order valence-corrected chi connectivity index (χ2v) is 6.21. The molecular formula is C18H23N5O5. The van der Waals surface area contributed by atoms with Crippen LogP contribution in [0.25, 0.3) is 11.2 Å². The predicted molar refractivity (Wildman–Crippen MR) is 101 cm³/mol. The van der Waals surface area contributed by atoms with Crippen molar-refractivity contribution < 1.29 is 18.7 Å². The van der Waals surface area contributed by atoms with Crippen molar-refractivity contribution in [3.05, 3.63) is 34.1 Å². The number of hydrogen-bond acceptors (Lipinski definition) is 8. The average Bonchev–Trinajstić information content (AvgIpc) is 3.26. The molecule has 0 saturated heterocycles. The van der Waals surface area contributed by atoms with E-state index in [0.29, 0.717) is 36.6 Å². The summed E-state index contributed by atoms with van der Waals surface area (Å²) in [6.07, 6.45) is 2.53. The van der Waals surface area contributed by atoms with Gasteiger partial charge in [0.2, 0.25) is 5.76 Å². The highest BCUT2D eigenvalue weighted by Crippen LogP contribution is 2.19. The maximum absolute atomic E-state index is 12.4. The van der Waals surface area contributed by atoms with E-state index in [4.69, 9.17) is 19.6 Å². The Hall–Kier alpha value is -3.30. The van der Waals surface area contributed by atoms with Crippen LogP contribution in [0.15, 0.2) is 21.3 Å². The quantitative estimate of drug-likeness (QED) is 0.419. The van der Waals surface area contributed by atoms with Gasteiger partial charge in [0.15, 0.2) is 11.5 Å². The molecule has 0 unspecified atom stereocenters. The van der Waals surface area contributed by atoms with Crippen LogP contribution >= 0.6 is 0 Å². The molecule has 0 saturated carbocycles. The summed E-state index contributed by atoms with van der Waals surface area (Å²) in [7, 11) is 0. The lowest BCUT2D eigenvalue weighted by Gasteiger charge is -2.06. The fraction of sp³-hybridized carbons (Fsp3) is 0.444. The van der Waals surface area contributed by atoms with Crippen LogP contribution in [-0.4, -0.2) is 38.7 Å². The molecule has 28 heavy (non-hydrogen) atoms. The molecule has 0 spiro atoms. The highest BCUT2D eigenvalue weighted by molar-refractivity contribution is 5.86. The van der Waals surface area contributed by atoms with Gasteiger partial charge in [0.05, 0.1) is 19.8 Å². The first-order chi connectivity index (χ1) is 13.5. The van der Waals surface area contributed by atoms with Crippen molar-refractivity contribution in [2.24, 2.45) is 0 Å². The molecule has 3 aromatic rings. The highest BCUT2D eigenvalue weighted by Gasteiger charge is 2.17. The summed E-state index contributed by atoms with van der Waals surface area (Å²) in [5.41, 5.74) is 6.13. The summed E-state index contributed by atoms with van der Waals surface area (Å²) in [5.74, 6) is 0.0549. The normalized spacial score (nSPS) is 11.1. The Kier molecular flexibility index (Phi) is 5.97. The van der Waals surface area contributed by atoms with Crippen LogP contribution in [0.2, 0.25) is 0 Å². The van der Waals surface area contributed by atoms with E-state index in [0.717, 1.165) is 12.8 Å². The molecule has 0 radical (unpaired) electrons. The Morgan fingerprint density at radius 3 is 2.82 bits per heavy atom. The lowest BCUT2D eigenvalue weighted by atomic mass is 10.4. The smallest absolute Gasteiger partial charge is 0.374 e. The van der Waals surface area contributed by atoms with Crippen molar-refractivity contribution in [2.75, 3.05) is 18.9 Å². The molecule has 10 heteroatoms. The van der Waals surface area contributed by atoms with Crippen molar-refractivity contribution in [3.8, 4) is 6.01 Å². The number of anilines is 1. The molecule has 0 atom stereocenters. The first kappa shape index (κ1) is 19.5. The minimum atomic E-state index is -0.544. The van der Waals surface area contributed by atoms with Crippen molar-refractivity contribution in [1.29, 1.82) is 0 Å². The number of unbranched alkanes of at least 4 members (excludes halogenated alkanes) is 1. The molecule has 3 aromatic heterocycles. The van der Waals surface area contributed by atoms with E-state index in [2.05, 4.69) is 15.0 Å². The van der Waals surface area contributed by atoms with Gasteiger partial charge >= 0.3 is 17.7 Å². The second-order valence-electron chi connectivity index (χ2n) is 6.21. The summed E-state index contributed by atoms with van der Waals surface area (Å²) < 4.78 is 17.4. The number of furan rings is 1. The van der Waals surface area contributed by atoms with E-state index in [1.54, 1.807) is 6.07 Å². The largest absolute Gasteiger partial charge is 0.463 e. The van der Waals surface area contributed by atoms with Gasteiger partial charge in [-0.2, -0.15) is 9.97 Å². The number of ether oxygens (including phenoxy) is 2. The van der Waals surface area contributed by atoms with Crippen LogP contribution in [-0.2, 0) is 11.3 Å². The third kappa shape index (κ3) is 4.16. The molecule has 0 aliphatic heterocycles. The number of aromatic nitrogens is 4. The number of aromatic amines is 1. The number of H-pyrrole nitrogens is 1. The number of nitrogens with zero attached hydrogens (tertiary/aromatic N) is 3. The van der Waals surface area contributed by atoms with Gasteiger partial charge in [-0.1, -0.05) is 20.3 Å². The average molecular weight is 389 g/mol. The molecule has 0 aliphatic rings. The zero-order valence-corrected chi connectivity index (χ0v) is 15.9. The van der Waals surface area contributed by atoms with Crippen molar-refractivity contribution in [3.63, 3.8) is 0 Å². The molecule has 10 nitrogen and oxygen atoms in total. The summed E-state index contributed by atoms with van der Waals surface area (Å²) in [5, 5.41) is 0. The maximum atomic E-state index is 12.4. The number of fused-ring (bicyclic) bond motifs is 1. The van der Waals surface area contributed by atoms with E-state index in [-0.39, 0.29) is 24.1 Å². The number of nitrogens with two attached hydrogens (primary N) is 1. The number of carbonyl (C=O) groups is 1. The Balaban J connectivity index is 1.86. The standard InChI is InChI=1S/C18H23N5O5/c1-3-5-9-27-17-21-14(19)13-15(22-17)23(18(25)20-13)10-11-6-7-12(28-11)16(24)26-8-4-2/h6-7H,3-5,8-10H2,1-2H3,(H,20,25)(H2,19,21,22). The van der Waals surface area contributed by atoms with Crippen molar-refractivity contribution in [2.45, 2.75) is 39.7 Å². The van der Waals surface area contributed by atoms with E-state index < -0.39 is 11.7 Å². The second kappa shape index (κ2) is 8.59. The lowest BCUT2D eigenvalue weighted by molar-refractivity contribution is 0.0466. The third-order valence-electron chi connectivity index (χ3n) is 3.97. The van der Waals surface area contributed by atoms with E-state index in [1.807, 2.05) is 13.8 Å². The lowest BCUT2D eigenvalue weighted by Crippen LogP contribution is -2.17. The number of hydrogen-bond donors (Lipinski definition) is 2. The predicted octanol–water partition coefficient (Wildman–Crippen LogP) is 2.09. The molecule has 3 heterocycles. The minimum Gasteiger partial charge on any atom is -0.463 e. The van der Waals surface area contributed by atoms with Crippen LogP contribution in [0, 0.1) is 0 Å². The van der Waals surface area contributed by atoms with Gasteiger partial charge in [-0.05, 0) is 25.0 Å². The molecule has 3 rings (SSSR count). The summed E-state index contributed by atoms with van der Waals surface area (Å²) in [4.78, 5) is 35.2. The first-order valence-corrected chi connectivity index (χ1v) is 9.18. The van der Waals surface area contributed by atoms with Crippen LogP contribution < -0.4 is 16.2 Å². The van der Waals surface area contributed by atoms with Gasteiger partial charge < -0.3 is 24.6 Å². The van der Waals surface area contributed by atoms with Crippen LogP contribution in [0.5, 0.6) is 6.01 Å². The Labute approximate surface area is 160 Å². The van der Waals surface area contributed by atoms with Gasteiger partial charge in [-0.15, -0.1) is 0 Å². The van der Waals surface area contributed by atoms with Gasteiger partial charge in [0, 0.05) is 0 Å². The van der Waals surface area contributed by atoms with Gasteiger partial charge in [-0.25, -0.2) is 9.59 Å². The molecular weight excluding hydrogens is 366 g/mol. The third-order valence-corrected chi connectivity index (χ3v) is 3.97. The summed E-state index contributed by atoms with van der Waals surface area (Å²) in [6.45, 7) is 4.77. The highest BCUT2D eigenvalue weighted by atomic mass is 16.5. The number of esters is 1. The molecule has 150 valence electrons. The zero-order valence-electron chi connectivity index (χ0n) is 15.9. The Morgan fingerprint density at radius 2 is 2.07 bits per heavy atom. The van der Waals surface area contributed by atoms with Crippen molar-refractivity contribution >= 4 is 23.0 Å². The van der Waals surface area contributed by atoms with Gasteiger partial charge in [-0.3, -0.25) is 4.57 Å². The fourth-order valence-corrected chi connectivity index (χ4v) is 2.54. The molecule has 0 amide bonds. The van der Waals surface area contributed by atoms with Crippen molar-refractivity contribution in [1.82, 2.24) is 19.5 Å². The summed E-state index contributed by atoms with van der Waals surface area (Å²) >= 11 is 0. The molecule has 0 aliphatic carbocycles. The Bertz CT molecular complexity index is 1020. The minimum absolute atomic E-state index is 0.0603. The van der Waals surface area contributed by atoms with Gasteiger partial charge in [0.1, 0.15) is 11.3 Å². The summed E-state index contributed by atoms with van der Waals surface area (Å²) in [6, 6.07) is 3.22. The van der Waals surface area contributed by atoms with Gasteiger partial charge in [0.25, 0.3) is 0 Å². The van der Waals surface area contributed by atoms with E-state index >= 15 is 0 Å². The number of nitrogens with one attached hydrogen (secondary N) is 1. The number of carbonyl (C=O) groups excluding carboxylic acids is 1. The first-order valence-electron chi connectivity index (χ1n) is 9.18. The SMILES string of the molecule is CCCCOc1nc(N)c2[nH]c(=O)n(Cc3ccc(C(=O)OCCC)o3)c2n1. The number of rotatable bonds is 9. The van der Waals surface area contributed by atoms with Crippen LogP contribution in [0.3, 0.4) is 0 Å². The van der Waals surface area contributed by atoms with Crippen LogP contribution in [0.4, 0.5) is 5.82 Å². The fourth-order valence-electron chi connectivity index (χ4n) is 2.54. The topological polar surface area (TPSA) is 138 Å². The monoisotopic (exact) mass is 389 g/mol. The molecule has 0 fully saturated rings. The Morgan fingerprint density at radius 1 is 1.25 bits per heavy atom. The molecule has 0 bridgehead atoms. The molecule has 3 N–H and O–H groups in total. The molecule has 0 aromatic carbocycles. The number of imidazole rings is 1. The number of nitrogen functional groups attached to an aromatic ring is 1. The van der Waals surface area contributed by atoms with E-state index in [9.17, 15) is 9.59 Å². The zero-order chi connectivity index (χ0) is 20.1.